The van der Waals surface area contributed by atoms with E-state index in [1.54, 1.807) is 19.9 Å². The van der Waals surface area contributed by atoms with E-state index in [-0.39, 0.29) is 16.7 Å². The number of hydrogen-bond acceptors (Lipinski definition) is 8. The number of aryl methyl sites for hydroxylation is 1. The van der Waals surface area contributed by atoms with Crippen LogP contribution in [0.25, 0.3) is 11.0 Å². The number of nitrogens with zero attached hydrogens (tertiary/aromatic N) is 4. The van der Waals surface area contributed by atoms with Gasteiger partial charge in [0.25, 0.3) is 5.16 Å². The highest BCUT2D eigenvalue weighted by molar-refractivity contribution is 7.90. The summed E-state index contributed by atoms with van der Waals surface area (Å²) in [5.41, 5.74) is 1.38. The molecule has 148 valence electrons. The lowest BCUT2D eigenvalue weighted by atomic mass is 10.1. The zero-order chi connectivity index (χ0) is 20.6. The third-order valence-electron chi connectivity index (χ3n) is 4.41. The van der Waals surface area contributed by atoms with Gasteiger partial charge in [-0.25, -0.2) is 13.4 Å². The van der Waals surface area contributed by atoms with Gasteiger partial charge >= 0.3 is 0 Å². The summed E-state index contributed by atoms with van der Waals surface area (Å²) < 4.78 is 37.5. The normalized spacial score (nSPS) is 11.6. The summed E-state index contributed by atoms with van der Waals surface area (Å²) in [4.78, 5) is 15.4. The molecule has 1 aromatic carbocycles. The molecule has 3 rings (SSSR count). The van der Waals surface area contributed by atoms with Crippen LogP contribution in [0.5, 0.6) is 11.5 Å². The van der Waals surface area contributed by atoms with E-state index in [1.807, 2.05) is 0 Å². The summed E-state index contributed by atoms with van der Waals surface area (Å²) in [6.45, 7) is 3.28. The van der Waals surface area contributed by atoms with Gasteiger partial charge in [-0.3, -0.25) is 0 Å². The molecule has 3 aromatic rings. The van der Waals surface area contributed by atoms with Crippen molar-refractivity contribution in [3.05, 3.63) is 51.3 Å². The lowest BCUT2D eigenvalue weighted by Gasteiger charge is -2.13. The second kappa shape index (κ2) is 7.08. The van der Waals surface area contributed by atoms with Crippen LogP contribution in [0.4, 0.5) is 0 Å². The number of sulfone groups is 1. The largest absolute Gasteiger partial charge is 0.618 e. The Morgan fingerprint density at radius 3 is 2.57 bits per heavy atom. The second-order valence-electron chi connectivity index (χ2n) is 6.14. The van der Waals surface area contributed by atoms with Gasteiger partial charge < -0.3 is 14.7 Å². The topological polar surface area (TPSA) is 127 Å². The van der Waals surface area contributed by atoms with Crippen molar-refractivity contribution in [2.75, 3.05) is 14.2 Å². The van der Waals surface area contributed by atoms with Gasteiger partial charge in [-0.05, 0) is 26.0 Å². The number of nitroso groups, excluding NO2 is 1. The molecular formula is C17H18N4O6S. The molecule has 2 aromatic heterocycles. The van der Waals surface area contributed by atoms with Crippen LogP contribution >= 0.6 is 0 Å². The van der Waals surface area contributed by atoms with Gasteiger partial charge in [0.05, 0.1) is 41.7 Å². The van der Waals surface area contributed by atoms with Crippen molar-refractivity contribution in [3.63, 3.8) is 0 Å². The molecule has 0 aliphatic carbocycles. The van der Waals surface area contributed by atoms with Crippen LogP contribution in [0.15, 0.2) is 34.8 Å². The van der Waals surface area contributed by atoms with Crippen LogP contribution < -0.4 is 14.2 Å². The average Bonchev–Trinajstić information content (AvgIpc) is 3.04. The van der Waals surface area contributed by atoms with Crippen molar-refractivity contribution in [3.8, 4) is 11.5 Å². The molecule has 10 nitrogen and oxygen atoms in total. The summed E-state index contributed by atoms with van der Waals surface area (Å²) in [6.07, 6.45) is 1.24. The molecule has 0 saturated carbocycles. The molecule has 0 unspecified atom stereocenters. The fraction of sp³-hybridized carbons (Fsp3) is 0.294. The quantitative estimate of drug-likeness (QED) is 0.347. The van der Waals surface area contributed by atoms with Gasteiger partial charge in [0, 0.05) is 6.07 Å². The van der Waals surface area contributed by atoms with Crippen molar-refractivity contribution >= 4 is 20.9 Å². The molecule has 0 radical (unpaired) electrons. The monoisotopic (exact) mass is 406 g/mol. The van der Waals surface area contributed by atoms with E-state index >= 15 is 0 Å². The third kappa shape index (κ3) is 3.13. The second-order valence-corrected chi connectivity index (χ2v) is 8.03. The summed E-state index contributed by atoms with van der Waals surface area (Å²) in [6, 6.07) is 4.53. The van der Waals surface area contributed by atoms with Crippen molar-refractivity contribution in [1.29, 1.82) is 0 Å². The first kappa shape index (κ1) is 19.5. The lowest BCUT2D eigenvalue weighted by Crippen LogP contribution is -2.35. The molecule has 0 amide bonds. The molecular weight excluding hydrogens is 388 g/mol. The zero-order valence-electron chi connectivity index (χ0n) is 15.7. The van der Waals surface area contributed by atoms with Crippen LogP contribution in [-0.2, 0) is 15.6 Å². The van der Waals surface area contributed by atoms with Crippen LogP contribution in [0.3, 0.4) is 0 Å². The van der Waals surface area contributed by atoms with Crippen molar-refractivity contribution in [2.24, 2.45) is 5.29 Å². The zero-order valence-corrected chi connectivity index (χ0v) is 16.5. The SMILES string of the molecule is COc1ccc2c(c1)nc(S(=O)(=O)Cc1c(C)c(OC)c(C)c[n+]1[O-])n2N=O. The molecule has 28 heavy (non-hydrogen) atoms. The Kier molecular flexibility index (Phi) is 4.94. The Bertz CT molecular complexity index is 1190. The Morgan fingerprint density at radius 1 is 1.25 bits per heavy atom. The Labute approximate surface area is 160 Å². The van der Waals surface area contributed by atoms with E-state index in [1.165, 1.54) is 32.5 Å². The van der Waals surface area contributed by atoms with E-state index in [0.717, 1.165) is 0 Å². The highest BCUT2D eigenvalue weighted by atomic mass is 32.2. The maximum atomic E-state index is 13.0. The van der Waals surface area contributed by atoms with Gasteiger partial charge in [0.15, 0.2) is 6.20 Å². The van der Waals surface area contributed by atoms with Crippen molar-refractivity contribution in [1.82, 2.24) is 9.66 Å². The van der Waals surface area contributed by atoms with Gasteiger partial charge in [-0.15, -0.1) is 4.91 Å². The first-order valence-electron chi connectivity index (χ1n) is 8.12. The number of rotatable bonds is 6. The molecule has 0 spiro atoms. The molecule has 2 heterocycles. The molecule has 0 fully saturated rings. The van der Waals surface area contributed by atoms with Gasteiger partial charge in [0.1, 0.15) is 17.3 Å². The minimum absolute atomic E-state index is 0.0236. The number of pyridine rings is 1. The molecule has 0 aliphatic rings. The number of methoxy groups -OCH3 is 2. The fourth-order valence-electron chi connectivity index (χ4n) is 3.07. The van der Waals surface area contributed by atoms with Gasteiger partial charge in [0.2, 0.25) is 15.5 Å². The molecule has 0 saturated heterocycles. The maximum absolute atomic E-state index is 13.0. The summed E-state index contributed by atoms with van der Waals surface area (Å²) in [5, 5.41) is 14.6. The third-order valence-corrected chi connectivity index (χ3v) is 5.88. The number of ether oxygens (including phenoxy) is 2. The predicted molar refractivity (Wildman–Crippen MR) is 99.8 cm³/mol. The molecule has 0 aliphatic heterocycles. The Hall–Kier alpha value is -3.21. The van der Waals surface area contributed by atoms with E-state index < -0.39 is 20.7 Å². The van der Waals surface area contributed by atoms with E-state index in [9.17, 15) is 18.5 Å². The average molecular weight is 406 g/mol. The molecule has 0 atom stereocenters. The Morgan fingerprint density at radius 2 is 1.96 bits per heavy atom. The summed E-state index contributed by atoms with van der Waals surface area (Å²) >= 11 is 0. The fourth-order valence-corrected chi connectivity index (χ4v) is 4.53. The van der Waals surface area contributed by atoms with Crippen molar-refractivity contribution < 1.29 is 22.6 Å². The number of imidazole rings is 1. The maximum Gasteiger partial charge on any atom is 0.252 e. The Balaban J connectivity index is 2.16. The number of aromatic nitrogens is 3. The highest BCUT2D eigenvalue weighted by Gasteiger charge is 2.31. The lowest BCUT2D eigenvalue weighted by molar-refractivity contribution is -0.613. The first-order valence-corrected chi connectivity index (χ1v) is 9.77. The minimum atomic E-state index is -4.18. The number of fused-ring (bicyclic) bond motifs is 1. The smallest absolute Gasteiger partial charge is 0.252 e. The van der Waals surface area contributed by atoms with Gasteiger partial charge in [-0.1, -0.05) is 0 Å². The van der Waals surface area contributed by atoms with Crippen LogP contribution in [0.1, 0.15) is 16.8 Å². The van der Waals surface area contributed by atoms with Gasteiger partial charge in [-0.2, -0.15) is 9.41 Å². The minimum Gasteiger partial charge on any atom is -0.618 e. The van der Waals surface area contributed by atoms with Crippen LogP contribution in [0.2, 0.25) is 0 Å². The molecule has 0 bridgehead atoms. The van der Waals surface area contributed by atoms with Crippen LogP contribution in [-0.4, -0.2) is 32.3 Å². The number of hydrogen-bond donors (Lipinski definition) is 0. The van der Waals surface area contributed by atoms with E-state index in [2.05, 4.69) is 10.3 Å². The summed E-state index contributed by atoms with van der Waals surface area (Å²) in [5.74, 6) is 0.196. The summed E-state index contributed by atoms with van der Waals surface area (Å²) in [7, 11) is -1.29. The standard InChI is InChI=1S/C17H18N4O6S/c1-10-8-20(23)15(11(2)16(10)27-4)9-28(24,25)17-18-13-7-12(26-3)5-6-14(13)21(17)19-22/h5-8H,9H2,1-4H3. The van der Waals surface area contributed by atoms with E-state index in [0.29, 0.717) is 32.0 Å². The molecule has 11 heteroatoms. The first-order chi connectivity index (χ1) is 13.2. The number of benzene rings is 1. The van der Waals surface area contributed by atoms with E-state index in [4.69, 9.17) is 9.47 Å². The predicted octanol–water partition coefficient (Wildman–Crippen LogP) is 1.81. The van der Waals surface area contributed by atoms with Crippen LogP contribution in [0, 0.1) is 24.0 Å². The molecule has 0 N–H and O–H groups in total. The van der Waals surface area contributed by atoms with Crippen molar-refractivity contribution in [2.45, 2.75) is 24.8 Å². The highest BCUT2D eigenvalue weighted by Crippen LogP contribution is 2.28.